The topological polar surface area (TPSA) is 108 Å². The molecule has 1 aliphatic carbocycles. The number of benzene rings is 2. The first-order valence-corrected chi connectivity index (χ1v) is 18.6. The molecule has 1 unspecified atom stereocenters. The molecule has 2 N–H and O–H groups in total. The molecule has 0 radical (unpaired) electrons. The highest BCUT2D eigenvalue weighted by molar-refractivity contribution is 7.17. The molecule has 2 aromatic carbocycles. The van der Waals surface area contributed by atoms with Crippen molar-refractivity contribution < 1.29 is 29.0 Å². The standard InChI is InChI=1S/C36H43Cl2N3O6S/c1-2-46-19-24-6-5-13-40(24)25-16-26(20-47-27-11-9-22(10-12-27)36(44)45)41(18-25)34(42)15-23-14-31(38)32(17-30(23)37)39-35(43)29-21-48-33-8-4-3-7-28(29)33/h3-4,7-8,14,17,21-22,24-27H,2,5-6,9-13,15-16,18-20H2,1H3,(H,39,43)(H,44,45)/t22?,24-,25?,26-,27?/m0/s1. The third-order valence-electron chi connectivity index (χ3n) is 10.1. The van der Waals surface area contributed by atoms with E-state index in [-0.39, 0.29) is 42.3 Å². The normalized spacial score (nSPS) is 24.7. The maximum Gasteiger partial charge on any atom is 0.306 e. The van der Waals surface area contributed by atoms with Crippen LogP contribution in [0.15, 0.2) is 41.8 Å². The van der Waals surface area contributed by atoms with Gasteiger partial charge in [0.1, 0.15) is 0 Å². The molecular formula is C36H43Cl2N3O6S. The van der Waals surface area contributed by atoms with E-state index in [1.54, 1.807) is 12.1 Å². The van der Waals surface area contributed by atoms with Crippen LogP contribution in [0.4, 0.5) is 5.69 Å². The summed E-state index contributed by atoms with van der Waals surface area (Å²) in [5, 5.41) is 15.6. The number of carbonyl (C=O) groups excluding carboxylic acids is 2. The average Bonchev–Trinajstić information content (AvgIpc) is 3.83. The lowest BCUT2D eigenvalue weighted by atomic mass is 9.87. The van der Waals surface area contributed by atoms with Crippen LogP contribution in [0.25, 0.3) is 10.1 Å². The minimum atomic E-state index is -0.735. The van der Waals surface area contributed by atoms with Crippen molar-refractivity contribution in [3.63, 3.8) is 0 Å². The minimum absolute atomic E-state index is 0.00262. The van der Waals surface area contributed by atoms with Gasteiger partial charge in [-0.15, -0.1) is 11.3 Å². The molecule has 3 fully saturated rings. The van der Waals surface area contributed by atoms with Crippen molar-refractivity contribution in [1.29, 1.82) is 0 Å². The first-order valence-electron chi connectivity index (χ1n) is 16.9. The fraction of sp³-hybridized carbons (Fsp3) is 0.528. The average molecular weight is 717 g/mol. The Hall–Kier alpha value is -2.73. The molecule has 0 bridgehead atoms. The predicted molar refractivity (Wildman–Crippen MR) is 189 cm³/mol. The number of anilines is 1. The molecule has 48 heavy (non-hydrogen) atoms. The number of carbonyl (C=O) groups is 3. The number of thiophene rings is 1. The Kier molecular flexibility index (Phi) is 11.6. The Morgan fingerprint density at radius 2 is 1.81 bits per heavy atom. The summed E-state index contributed by atoms with van der Waals surface area (Å²) in [6.45, 7) is 5.36. The smallest absolute Gasteiger partial charge is 0.306 e. The Morgan fingerprint density at radius 1 is 1.02 bits per heavy atom. The van der Waals surface area contributed by atoms with E-state index < -0.39 is 5.97 Å². The minimum Gasteiger partial charge on any atom is -0.481 e. The lowest BCUT2D eigenvalue weighted by molar-refractivity contribution is -0.144. The molecule has 2 aliphatic heterocycles. The number of ether oxygens (including phenoxy) is 2. The lowest BCUT2D eigenvalue weighted by Gasteiger charge is -2.30. The van der Waals surface area contributed by atoms with E-state index in [1.165, 1.54) is 11.3 Å². The number of nitrogens with zero attached hydrogens (tertiary/aromatic N) is 2. The maximum atomic E-state index is 14.0. The van der Waals surface area contributed by atoms with Crippen LogP contribution in [0.5, 0.6) is 0 Å². The van der Waals surface area contributed by atoms with Crippen LogP contribution in [-0.4, -0.2) is 89.8 Å². The Labute approximate surface area is 295 Å². The summed E-state index contributed by atoms with van der Waals surface area (Å²) in [5.41, 5.74) is 1.55. The van der Waals surface area contributed by atoms with Crippen molar-refractivity contribution in [2.75, 3.05) is 38.2 Å². The van der Waals surface area contributed by atoms with Crippen LogP contribution < -0.4 is 5.32 Å². The largest absolute Gasteiger partial charge is 0.481 e. The summed E-state index contributed by atoms with van der Waals surface area (Å²) in [6, 6.07) is 11.4. The van der Waals surface area contributed by atoms with Crippen molar-refractivity contribution in [3.05, 3.63) is 63.0 Å². The van der Waals surface area contributed by atoms with Gasteiger partial charge in [0.25, 0.3) is 5.91 Å². The SMILES string of the molecule is CCOC[C@@H]1CCCN1C1C[C@@H](COC2CCC(C(=O)O)CC2)N(C(=O)Cc2cc(Cl)c(NC(=O)c3csc4ccccc34)cc2Cl)C1. The van der Waals surface area contributed by atoms with Crippen molar-refractivity contribution in [2.45, 2.75) is 82.5 Å². The quantitative estimate of drug-likeness (QED) is 0.205. The molecule has 9 nitrogen and oxygen atoms in total. The van der Waals surface area contributed by atoms with Crippen molar-refractivity contribution in [3.8, 4) is 0 Å². The van der Waals surface area contributed by atoms with Gasteiger partial charge in [-0.25, -0.2) is 0 Å². The number of rotatable bonds is 12. The zero-order chi connectivity index (χ0) is 33.8. The van der Waals surface area contributed by atoms with Crippen LogP contribution in [0.2, 0.25) is 10.0 Å². The summed E-state index contributed by atoms with van der Waals surface area (Å²) in [5.74, 6) is -1.37. The number of halogens is 2. The third kappa shape index (κ3) is 8.01. The van der Waals surface area contributed by atoms with E-state index in [0.29, 0.717) is 85.0 Å². The molecule has 3 aromatic rings. The number of carboxylic acid groups (broad SMARTS) is 1. The highest BCUT2D eigenvalue weighted by Gasteiger charge is 2.42. The fourth-order valence-corrected chi connectivity index (χ4v) is 8.92. The lowest BCUT2D eigenvalue weighted by Crippen LogP contribution is -2.44. The van der Waals surface area contributed by atoms with E-state index in [1.807, 2.05) is 41.5 Å². The zero-order valence-electron chi connectivity index (χ0n) is 27.2. The maximum absolute atomic E-state index is 14.0. The van der Waals surface area contributed by atoms with E-state index in [0.717, 1.165) is 35.9 Å². The second kappa shape index (κ2) is 15.9. The number of hydrogen-bond donors (Lipinski definition) is 2. The molecule has 3 aliphatic rings. The molecule has 12 heteroatoms. The summed E-state index contributed by atoms with van der Waals surface area (Å²) in [4.78, 5) is 43.0. The third-order valence-corrected chi connectivity index (χ3v) is 11.7. The summed E-state index contributed by atoms with van der Waals surface area (Å²) in [6.07, 6.45) is 5.70. The molecule has 2 saturated heterocycles. The van der Waals surface area contributed by atoms with Crippen LogP contribution >= 0.6 is 34.5 Å². The molecule has 3 heterocycles. The molecule has 3 atom stereocenters. The van der Waals surface area contributed by atoms with Gasteiger partial charge in [0.2, 0.25) is 5.91 Å². The number of likely N-dealkylation sites (tertiary alicyclic amines) is 2. The molecule has 0 spiro atoms. The van der Waals surface area contributed by atoms with E-state index in [4.69, 9.17) is 32.7 Å². The van der Waals surface area contributed by atoms with Crippen molar-refractivity contribution in [1.82, 2.24) is 9.80 Å². The number of hydrogen-bond acceptors (Lipinski definition) is 7. The van der Waals surface area contributed by atoms with Gasteiger partial charge in [0.05, 0.1) is 54.0 Å². The van der Waals surface area contributed by atoms with E-state index in [2.05, 4.69) is 10.2 Å². The zero-order valence-corrected chi connectivity index (χ0v) is 29.5. The highest BCUT2D eigenvalue weighted by Crippen LogP contribution is 2.35. The van der Waals surface area contributed by atoms with Gasteiger partial charge >= 0.3 is 5.97 Å². The number of nitrogens with one attached hydrogen (secondary N) is 1. The monoisotopic (exact) mass is 715 g/mol. The summed E-state index contributed by atoms with van der Waals surface area (Å²) >= 11 is 14.9. The molecular weight excluding hydrogens is 673 g/mol. The number of aliphatic carboxylic acids is 1. The first-order chi connectivity index (χ1) is 23.2. The van der Waals surface area contributed by atoms with E-state index in [9.17, 15) is 19.5 Å². The summed E-state index contributed by atoms with van der Waals surface area (Å²) < 4.78 is 13.2. The second-order valence-electron chi connectivity index (χ2n) is 13.1. The van der Waals surface area contributed by atoms with Gasteiger partial charge in [0, 0.05) is 45.7 Å². The first kappa shape index (κ1) is 35.1. The second-order valence-corrected chi connectivity index (χ2v) is 14.9. The van der Waals surface area contributed by atoms with Crippen molar-refractivity contribution in [2.24, 2.45) is 5.92 Å². The van der Waals surface area contributed by atoms with Gasteiger partial charge in [0.15, 0.2) is 0 Å². The molecule has 6 rings (SSSR count). The molecule has 2 amide bonds. The van der Waals surface area contributed by atoms with Crippen LogP contribution in [-0.2, 0) is 25.5 Å². The van der Waals surface area contributed by atoms with Gasteiger partial charge < -0.3 is 24.8 Å². The van der Waals surface area contributed by atoms with Crippen LogP contribution in [0, 0.1) is 5.92 Å². The van der Waals surface area contributed by atoms with Gasteiger partial charge in [-0.05, 0) is 82.2 Å². The van der Waals surface area contributed by atoms with Gasteiger partial charge in [-0.1, -0.05) is 41.4 Å². The van der Waals surface area contributed by atoms with Crippen molar-refractivity contribution >= 4 is 68.1 Å². The fourth-order valence-electron chi connectivity index (χ4n) is 7.52. The Bertz CT molecular complexity index is 1630. The number of fused-ring (bicyclic) bond motifs is 1. The predicted octanol–water partition coefficient (Wildman–Crippen LogP) is 7.13. The van der Waals surface area contributed by atoms with E-state index >= 15 is 0 Å². The number of amides is 2. The molecule has 1 saturated carbocycles. The van der Waals surface area contributed by atoms with Crippen LogP contribution in [0.1, 0.15) is 67.8 Å². The molecule has 258 valence electrons. The van der Waals surface area contributed by atoms with Gasteiger partial charge in [-0.3, -0.25) is 19.3 Å². The Morgan fingerprint density at radius 3 is 2.58 bits per heavy atom. The van der Waals surface area contributed by atoms with Gasteiger partial charge in [-0.2, -0.15) is 0 Å². The Balaban J connectivity index is 1.14. The molecule has 1 aromatic heterocycles. The number of carboxylic acids is 1. The van der Waals surface area contributed by atoms with Crippen LogP contribution in [0.3, 0.4) is 0 Å². The highest BCUT2D eigenvalue weighted by atomic mass is 35.5. The summed E-state index contributed by atoms with van der Waals surface area (Å²) in [7, 11) is 0.